The Labute approximate surface area is 95.9 Å². The van der Waals surface area contributed by atoms with Crippen molar-refractivity contribution >= 4 is 11.6 Å². The summed E-state index contributed by atoms with van der Waals surface area (Å²) >= 11 is 0. The van der Waals surface area contributed by atoms with Crippen LogP contribution in [0.1, 0.15) is 32.6 Å². The van der Waals surface area contributed by atoms with Crippen molar-refractivity contribution in [2.45, 2.75) is 38.7 Å². The van der Waals surface area contributed by atoms with Gasteiger partial charge in [0, 0.05) is 24.2 Å². The van der Waals surface area contributed by atoms with Gasteiger partial charge in [-0.25, -0.2) is 0 Å². The minimum Gasteiger partial charge on any atom is -0.366 e. The summed E-state index contributed by atoms with van der Waals surface area (Å²) in [5, 5.41) is 0. The molecule has 2 saturated carbocycles. The highest BCUT2D eigenvalue weighted by molar-refractivity contribution is 5.93. The van der Waals surface area contributed by atoms with Gasteiger partial charge < -0.3 is 4.74 Å². The predicted molar refractivity (Wildman–Crippen MR) is 60.0 cm³/mol. The first kappa shape index (κ1) is 11.5. The van der Waals surface area contributed by atoms with E-state index in [1.54, 1.807) is 6.08 Å². The van der Waals surface area contributed by atoms with Gasteiger partial charge in [0.1, 0.15) is 11.9 Å². The van der Waals surface area contributed by atoms with Gasteiger partial charge in [0.25, 0.3) is 0 Å². The predicted octanol–water partition coefficient (Wildman–Crippen LogP) is 1.91. The van der Waals surface area contributed by atoms with E-state index in [4.69, 9.17) is 4.74 Å². The zero-order chi connectivity index (χ0) is 11.8. The number of ketones is 2. The van der Waals surface area contributed by atoms with Crippen LogP contribution in [0.5, 0.6) is 0 Å². The van der Waals surface area contributed by atoms with Crippen molar-refractivity contribution in [2.75, 3.05) is 6.61 Å². The lowest BCUT2D eigenvalue weighted by Gasteiger charge is -2.39. The van der Waals surface area contributed by atoms with E-state index in [0.717, 1.165) is 6.42 Å². The lowest BCUT2D eigenvalue weighted by atomic mass is 9.67. The van der Waals surface area contributed by atoms with E-state index in [9.17, 15) is 9.59 Å². The summed E-state index contributed by atoms with van der Waals surface area (Å²) in [7, 11) is 0. The van der Waals surface area contributed by atoms with Crippen LogP contribution >= 0.6 is 0 Å². The Morgan fingerprint density at radius 2 is 2.25 bits per heavy atom. The summed E-state index contributed by atoms with van der Waals surface area (Å²) in [6.45, 7) is 5.96. The number of hydrogen-bond acceptors (Lipinski definition) is 3. The fourth-order valence-corrected chi connectivity index (χ4v) is 3.04. The molecule has 0 radical (unpaired) electrons. The molecule has 0 amide bonds. The minimum absolute atomic E-state index is 0.0844. The third-order valence-corrected chi connectivity index (χ3v) is 4.10. The second-order valence-corrected chi connectivity index (χ2v) is 4.99. The number of rotatable bonds is 3. The fraction of sp³-hybridized carbons (Fsp3) is 0.692. The Bertz CT molecular complexity index is 334. The summed E-state index contributed by atoms with van der Waals surface area (Å²) in [4.78, 5) is 23.7. The van der Waals surface area contributed by atoms with Crippen LogP contribution < -0.4 is 0 Å². The van der Waals surface area contributed by atoms with Crippen molar-refractivity contribution < 1.29 is 14.3 Å². The average Bonchev–Trinajstić information content (AvgIpc) is 2.56. The lowest BCUT2D eigenvalue weighted by Crippen LogP contribution is -2.46. The van der Waals surface area contributed by atoms with E-state index >= 15 is 0 Å². The minimum atomic E-state index is -0.386. The average molecular weight is 222 g/mol. The molecule has 2 rings (SSSR count). The van der Waals surface area contributed by atoms with Crippen LogP contribution in [-0.4, -0.2) is 24.3 Å². The Morgan fingerprint density at radius 3 is 2.94 bits per heavy atom. The number of ether oxygens (including phenoxy) is 1. The first-order valence-electron chi connectivity index (χ1n) is 5.88. The fourth-order valence-electron chi connectivity index (χ4n) is 3.04. The molecule has 0 aromatic carbocycles. The van der Waals surface area contributed by atoms with Crippen molar-refractivity contribution in [3.8, 4) is 0 Å². The molecule has 2 aliphatic carbocycles. The lowest BCUT2D eigenvalue weighted by molar-refractivity contribution is -0.146. The third kappa shape index (κ3) is 1.63. The zero-order valence-electron chi connectivity index (χ0n) is 9.70. The van der Waals surface area contributed by atoms with Gasteiger partial charge in [-0.2, -0.15) is 0 Å². The van der Waals surface area contributed by atoms with E-state index < -0.39 is 0 Å². The zero-order valence-corrected chi connectivity index (χ0v) is 9.70. The van der Waals surface area contributed by atoms with E-state index in [0.29, 0.717) is 31.7 Å². The Hall–Kier alpha value is -0.960. The Morgan fingerprint density at radius 1 is 1.50 bits per heavy atom. The second-order valence-electron chi connectivity index (χ2n) is 4.99. The van der Waals surface area contributed by atoms with Gasteiger partial charge in [0.15, 0.2) is 5.78 Å². The van der Waals surface area contributed by atoms with Crippen molar-refractivity contribution in [2.24, 2.45) is 11.3 Å². The van der Waals surface area contributed by atoms with Gasteiger partial charge >= 0.3 is 0 Å². The number of carbonyl (C=O) groups is 2. The van der Waals surface area contributed by atoms with Crippen LogP contribution in [-0.2, 0) is 14.3 Å². The molecule has 3 nitrogen and oxygen atoms in total. The normalized spacial score (nSPS) is 38.6. The van der Waals surface area contributed by atoms with Crippen molar-refractivity contribution in [3.63, 3.8) is 0 Å². The maximum absolute atomic E-state index is 11.9. The molecule has 0 N–H and O–H groups in total. The molecular weight excluding hydrogens is 204 g/mol. The van der Waals surface area contributed by atoms with E-state index in [1.165, 1.54) is 0 Å². The topological polar surface area (TPSA) is 43.4 Å². The number of Topliss-reactive ketones (excluding diaryl/α,β-unsaturated/α-hetero) is 2. The van der Waals surface area contributed by atoms with Gasteiger partial charge in [0.05, 0.1) is 6.61 Å². The molecule has 0 saturated heterocycles. The van der Waals surface area contributed by atoms with Gasteiger partial charge in [-0.05, 0) is 12.8 Å². The highest BCUT2D eigenvalue weighted by Crippen LogP contribution is 2.49. The SMILES string of the molecule is C=CCO[C@H]1C(=O)CCC2(C)C(=O)CC[C@@H]12. The molecule has 0 aliphatic heterocycles. The molecule has 0 aromatic rings. The van der Waals surface area contributed by atoms with Crippen molar-refractivity contribution in [3.05, 3.63) is 12.7 Å². The summed E-state index contributed by atoms with van der Waals surface area (Å²) in [5.74, 6) is 0.539. The molecule has 0 heterocycles. The smallest absolute Gasteiger partial charge is 0.161 e. The molecule has 16 heavy (non-hydrogen) atoms. The monoisotopic (exact) mass is 222 g/mol. The summed E-state index contributed by atoms with van der Waals surface area (Å²) < 4.78 is 5.55. The maximum Gasteiger partial charge on any atom is 0.161 e. The maximum atomic E-state index is 11.9. The van der Waals surface area contributed by atoms with Crippen LogP contribution in [0.2, 0.25) is 0 Å². The van der Waals surface area contributed by atoms with Gasteiger partial charge in [0.2, 0.25) is 0 Å². The van der Waals surface area contributed by atoms with E-state index in [1.807, 2.05) is 6.92 Å². The van der Waals surface area contributed by atoms with Crippen LogP contribution in [0.25, 0.3) is 0 Å². The number of carbonyl (C=O) groups excluding carboxylic acids is 2. The molecule has 3 atom stereocenters. The molecular formula is C13H18O3. The molecule has 0 bridgehead atoms. The first-order chi connectivity index (χ1) is 7.59. The van der Waals surface area contributed by atoms with Crippen molar-refractivity contribution in [1.29, 1.82) is 0 Å². The van der Waals surface area contributed by atoms with Gasteiger partial charge in [-0.3, -0.25) is 9.59 Å². The quantitative estimate of drug-likeness (QED) is 0.685. The molecule has 88 valence electrons. The molecule has 0 spiro atoms. The standard InChI is InChI=1S/C13H18O3/c1-3-8-16-12-9-4-5-11(15)13(9,2)7-6-10(12)14/h3,9,12H,1,4-8H2,2H3/t9-,12+,13?/m0/s1. The second kappa shape index (κ2) is 4.13. The third-order valence-electron chi connectivity index (χ3n) is 4.10. The largest absolute Gasteiger partial charge is 0.366 e. The summed E-state index contributed by atoms with van der Waals surface area (Å²) in [6, 6.07) is 0. The number of fused-ring (bicyclic) bond motifs is 1. The molecule has 0 aromatic heterocycles. The first-order valence-corrected chi connectivity index (χ1v) is 5.88. The van der Waals surface area contributed by atoms with Crippen LogP contribution in [0, 0.1) is 11.3 Å². The van der Waals surface area contributed by atoms with Crippen molar-refractivity contribution in [1.82, 2.24) is 0 Å². The van der Waals surface area contributed by atoms with E-state index in [-0.39, 0.29) is 23.2 Å². The summed E-state index contributed by atoms with van der Waals surface area (Å²) in [5.41, 5.74) is -0.320. The number of hydrogen-bond donors (Lipinski definition) is 0. The van der Waals surface area contributed by atoms with Crippen LogP contribution in [0.15, 0.2) is 12.7 Å². The van der Waals surface area contributed by atoms with Gasteiger partial charge in [-0.1, -0.05) is 13.0 Å². The van der Waals surface area contributed by atoms with Crippen LogP contribution in [0.4, 0.5) is 0 Å². The molecule has 1 unspecified atom stereocenters. The van der Waals surface area contributed by atoms with E-state index in [2.05, 4.69) is 6.58 Å². The highest BCUT2D eigenvalue weighted by atomic mass is 16.5. The molecule has 2 aliphatic rings. The summed E-state index contributed by atoms with van der Waals surface area (Å²) in [6.07, 6.45) is 3.83. The van der Waals surface area contributed by atoms with Gasteiger partial charge in [-0.15, -0.1) is 6.58 Å². The Balaban J connectivity index is 2.19. The highest BCUT2D eigenvalue weighted by Gasteiger charge is 2.54. The van der Waals surface area contributed by atoms with Crippen LogP contribution in [0.3, 0.4) is 0 Å². The molecule has 2 fully saturated rings. The Kier molecular flexibility index (Phi) is 2.98. The molecule has 3 heteroatoms.